The number of rotatable bonds is 5. The molecule has 1 atom stereocenters. The second-order valence-electron chi connectivity index (χ2n) is 4.95. The maximum absolute atomic E-state index is 11.0. The second-order valence-corrected chi connectivity index (χ2v) is 4.95. The third-order valence-electron chi connectivity index (χ3n) is 3.45. The molecule has 21 heavy (non-hydrogen) atoms. The van der Waals surface area contributed by atoms with Crippen LogP contribution in [0.1, 0.15) is 23.2 Å². The molecule has 0 radical (unpaired) electrons. The average molecular weight is 290 g/mol. The number of nitrogens with zero attached hydrogens (tertiary/aromatic N) is 2. The van der Waals surface area contributed by atoms with Crippen LogP contribution < -0.4 is 4.74 Å². The van der Waals surface area contributed by atoms with Crippen LogP contribution >= 0.6 is 0 Å². The summed E-state index contributed by atoms with van der Waals surface area (Å²) in [6.07, 6.45) is 4.13. The van der Waals surface area contributed by atoms with Crippen LogP contribution in [0.15, 0.2) is 24.5 Å². The predicted octanol–water partition coefficient (Wildman–Crippen LogP) is 1.36. The van der Waals surface area contributed by atoms with Gasteiger partial charge in [0.05, 0.1) is 37.5 Å². The highest BCUT2D eigenvalue weighted by atomic mass is 16.5. The van der Waals surface area contributed by atoms with Gasteiger partial charge in [-0.1, -0.05) is 0 Å². The molecule has 1 fully saturated rings. The number of esters is 1. The Balaban J connectivity index is 1.62. The topological polar surface area (TPSA) is 90.1 Å². The van der Waals surface area contributed by atoms with Crippen molar-refractivity contribution in [1.82, 2.24) is 9.61 Å². The third-order valence-corrected chi connectivity index (χ3v) is 3.45. The number of carboxylic acids is 1. The quantitative estimate of drug-likeness (QED) is 0.836. The van der Waals surface area contributed by atoms with Crippen LogP contribution in [0.5, 0.6) is 5.75 Å². The zero-order valence-electron chi connectivity index (χ0n) is 11.2. The van der Waals surface area contributed by atoms with Crippen molar-refractivity contribution in [3.05, 3.63) is 30.1 Å². The molecule has 0 amide bonds. The van der Waals surface area contributed by atoms with Crippen molar-refractivity contribution in [2.45, 2.75) is 12.8 Å². The number of carboxylic acid groups (broad SMARTS) is 1. The molecular weight excluding hydrogens is 276 g/mol. The van der Waals surface area contributed by atoms with Gasteiger partial charge in [-0.3, -0.25) is 4.79 Å². The molecule has 1 aliphatic heterocycles. The van der Waals surface area contributed by atoms with Crippen molar-refractivity contribution in [1.29, 1.82) is 0 Å². The van der Waals surface area contributed by atoms with Crippen LogP contribution in [0.2, 0.25) is 0 Å². The molecule has 1 saturated heterocycles. The summed E-state index contributed by atoms with van der Waals surface area (Å²) >= 11 is 0. The number of aromatic nitrogens is 2. The molecule has 0 bridgehead atoms. The first-order valence-electron chi connectivity index (χ1n) is 6.62. The zero-order chi connectivity index (χ0) is 14.8. The van der Waals surface area contributed by atoms with Crippen molar-refractivity contribution >= 4 is 17.5 Å². The lowest BCUT2D eigenvalue weighted by Crippen LogP contribution is -2.07. The maximum atomic E-state index is 11.0. The number of pyridine rings is 1. The summed E-state index contributed by atoms with van der Waals surface area (Å²) in [5.74, 6) is -0.346. The lowest BCUT2D eigenvalue weighted by molar-refractivity contribution is -0.137. The number of carbonyl (C=O) groups excluding carboxylic acids is 1. The second kappa shape index (κ2) is 5.43. The van der Waals surface area contributed by atoms with Gasteiger partial charge in [0.2, 0.25) is 0 Å². The highest BCUT2D eigenvalue weighted by Crippen LogP contribution is 2.20. The number of cyclic esters (lactones) is 1. The van der Waals surface area contributed by atoms with Crippen molar-refractivity contribution in [3.8, 4) is 5.75 Å². The normalized spacial score (nSPS) is 17.9. The minimum absolute atomic E-state index is 0.154. The monoisotopic (exact) mass is 290 g/mol. The van der Waals surface area contributed by atoms with E-state index in [0.29, 0.717) is 30.9 Å². The van der Waals surface area contributed by atoms with Gasteiger partial charge in [-0.2, -0.15) is 5.10 Å². The van der Waals surface area contributed by atoms with Crippen LogP contribution in [-0.4, -0.2) is 39.9 Å². The molecule has 7 heteroatoms. The molecule has 0 aromatic carbocycles. The number of ether oxygens (including phenoxy) is 2. The fraction of sp³-hybridized carbons (Fsp3) is 0.357. The van der Waals surface area contributed by atoms with Gasteiger partial charge in [-0.05, 0) is 18.6 Å². The van der Waals surface area contributed by atoms with Crippen LogP contribution in [0.3, 0.4) is 0 Å². The Labute approximate surface area is 120 Å². The Morgan fingerprint density at radius 2 is 2.38 bits per heavy atom. The molecule has 2 aromatic heterocycles. The first-order chi connectivity index (χ1) is 10.1. The molecule has 1 aliphatic rings. The number of aromatic carboxylic acids is 1. The van der Waals surface area contributed by atoms with E-state index in [4.69, 9.17) is 14.6 Å². The number of carbonyl (C=O) groups is 2. The molecule has 0 spiro atoms. The SMILES string of the molecule is O=C1C[C@@H](CCOc2ccc3c(C(=O)O)cnn3c2)CO1. The fourth-order valence-electron chi connectivity index (χ4n) is 2.31. The number of fused-ring (bicyclic) bond motifs is 1. The van der Waals surface area contributed by atoms with Gasteiger partial charge >= 0.3 is 11.9 Å². The van der Waals surface area contributed by atoms with E-state index in [1.165, 1.54) is 10.7 Å². The molecule has 3 heterocycles. The van der Waals surface area contributed by atoms with Gasteiger partial charge in [0.25, 0.3) is 0 Å². The summed E-state index contributed by atoms with van der Waals surface area (Å²) in [6.45, 7) is 0.933. The molecule has 1 N–H and O–H groups in total. The Kier molecular flexibility index (Phi) is 3.47. The smallest absolute Gasteiger partial charge is 0.339 e. The Morgan fingerprint density at radius 1 is 1.52 bits per heavy atom. The molecule has 0 aliphatic carbocycles. The molecule has 2 aromatic rings. The summed E-state index contributed by atoms with van der Waals surface area (Å²) in [7, 11) is 0. The van der Waals surface area contributed by atoms with Gasteiger partial charge in [0.1, 0.15) is 11.3 Å². The predicted molar refractivity (Wildman–Crippen MR) is 71.3 cm³/mol. The first kappa shape index (κ1) is 13.4. The van der Waals surface area contributed by atoms with Gasteiger partial charge in [0, 0.05) is 5.92 Å². The van der Waals surface area contributed by atoms with Gasteiger partial charge in [-0.25, -0.2) is 9.31 Å². The largest absolute Gasteiger partial charge is 0.492 e. The van der Waals surface area contributed by atoms with Gasteiger partial charge < -0.3 is 14.6 Å². The summed E-state index contributed by atoms with van der Waals surface area (Å²) in [6, 6.07) is 3.37. The van der Waals surface area contributed by atoms with Gasteiger partial charge in [0.15, 0.2) is 0 Å². The third kappa shape index (κ3) is 2.81. The first-order valence-corrected chi connectivity index (χ1v) is 6.62. The molecule has 7 nitrogen and oxygen atoms in total. The fourth-order valence-corrected chi connectivity index (χ4v) is 2.31. The van der Waals surface area contributed by atoms with E-state index in [0.717, 1.165) is 6.42 Å². The highest BCUT2D eigenvalue weighted by Gasteiger charge is 2.23. The average Bonchev–Trinajstić information content (AvgIpc) is 3.04. The molecule has 110 valence electrons. The summed E-state index contributed by atoms with van der Waals surface area (Å²) in [5, 5.41) is 13.0. The van der Waals surface area contributed by atoms with E-state index in [2.05, 4.69) is 5.10 Å². The highest BCUT2D eigenvalue weighted by molar-refractivity contribution is 5.95. The molecular formula is C14H14N2O5. The van der Waals surface area contributed by atoms with Crippen molar-refractivity contribution < 1.29 is 24.2 Å². The van der Waals surface area contributed by atoms with E-state index in [9.17, 15) is 9.59 Å². The number of hydrogen-bond donors (Lipinski definition) is 1. The van der Waals surface area contributed by atoms with Crippen LogP contribution in [0.25, 0.3) is 5.52 Å². The van der Waals surface area contributed by atoms with E-state index in [-0.39, 0.29) is 17.5 Å². The van der Waals surface area contributed by atoms with Crippen LogP contribution in [0, 0.1) is 5.92 Å². The molecule has 0 unspecified atom stereocenters. The summed E-state index contributed by atoms with van der Waals surface area (Å²) < 4.78 is 12.0. The van der Waals surface area contributed by atoms with E-state index >= 15 is 0 Å². The van der Waals surface area contributed by atoms with E-state index < -0.39 is 5.97 Å². The van der Waals surface area contributed by atoms with Crippen molar-refractivity contribution in [2.75, 3.05) is 13.2 Å². The Morgan fingerprint density at radius 3 is 3.10 bits per heavy atom. The van der Waals surface area contributed by atoms with Crippen LogP contribution in [-0.2, 0) is 9.53 Å². The summed E-state index contributed by atoms with van der Waals surface area (Å²) in [5.41, 5.74) is 0.674. The minimum atomic E-state index is -1.01. The number of hydrogen-bond acceptors (Lipinski definition) is 5. The summed E-state index contributed by atoms with van der Waals surface area (Å²) in [4.78, 5) is 22.0. The van der Waals surface area contributed by atoms with Crippen LogP contribution in [0.4, 0.5) is 0 Å². The molecule has 3 rings (SSSR count). The zero-order valence-corrected chi connectivity index (χ0v) is 11.2. The minimum Gasteiger partial charge on any atom is -0.492 e. The van der Waals surface area contributed by atoms with Crippen molar-refractivity contribution in [3.63, 3.8) is 0 Å². The standard InChI is InChI=1S/C14H14N2O5/c17-13-5-9(8-21-13)3-4-20-10-1-2-12-11(14(18)19)6-15-16(12)7-10/h1-2,6-7,9H,3-5,8H2,(H,18,19)/t9-/m1/s1. The van der Waals surface area contributed by atoms with E-state index in [1.54, 1.807) is 18.3 Å². The Bertz CT molecular complexity index is 694. The maximum Gasteiger partial charge on any atom is 0.339 e. The lowest BCUT2D eigenvalue weighted by atomic mass is 10.1. The Hall–Kier alpha value is -2.57. The van der Waals surface area contributed by atoms with Gasteiger partial charge in [-0.15, -0.1) is 0 Å². The molecule has 0 saturated carbocycles. The van der Waals surface area contributed by atoms with E-state index in [1.807, 2.05) is 0 Å². The lowest BCUT2D eigenvalue weighted by Gasteiger charge is -2.09. The van der Waals surface area contributed by atoms with Crippen molar-refractivity contribution in [2.24, 2.45) is 5.92 Å².